The summed E-state index contributed by atoms with van der Waals surface area (Å²) >= 11 is 5.82. The minimum Gasteiger partial charge on any atom is -0.466 e. The first kappa shape index (κ1) is 14.9. The number of rotatable bonds is 3. The van der Waals surface area contributed by atoms with E-state index in [0.29, 0.717) is 5.56 Å². The number of nitrogens with two attached hydrogens (primary N) is 1. The average Bonchev–Trinajstić information content (AvgIpc) is 2.53. The maximum atomic E-state index is 12.1. The van der Waals surface area contributed by atoms with Gasteiger partial charge in [0.25, 0.3) is 0 Å². The summed E-state index contributed by atoms with van der Waals surface area (Å²) in [5.41, 5.74) is 6.67. The summed E-state index contributed by atoms with van der Waals surface area (Å²) in [5.74, 6) is -1.30. The van der Waals surface area contributed by atoms with Crippen molar-refractivity contribution in [1.82, 2.24) is 4.98 Å². The van der Waals surface area contributed by atoms with Gasteiger partial charge >= 0.3 is 5.97 Å². The number of carbonyl (C=O) groups excluding carboxylic acids is 1. The van der Waals surface area contributed by atoms with Crippen molar-refractivity contribution in [3.8, 4) is 6.07 Å². The number of hydrogen-bond donors (Lipinski definition) is 1. The van der Waals surface area contributed by atoms with Gasteiger partial charge in [-0.3, -0.25) is 4.98 Å². The number of nitrogens with zero attached hydrogens (tertiary/aromatic N) is 2. The van der Waals surface area contributed by atoms with Crippen LogP contribution in [-0.2, 0) is 14.3 Å². The van der Waals surface area contributed by atoms with E-state index in [-0.39, 0.29) is 28.7 Å². The highest BCUT2D eigenvalue weighted by Crippen LogP contribution is 2.39. The second-order valence-electron chi connectivity index (χ2n) is 4.17. The Morgan fingerprint density at radius 1 is 1.67 bits per heavy atom. The molecule has 0 saturated heterocycles. The standard InChI is InChI=1S/C14H12ClN3O3/c1-20-14(19)12-10(5-15)21-13(17)9(6-16)11(12)8-3-2-4-18-7-8/h2-4,7,11H,5,17H2,1H3/t11-/m1/s1. The van der Waals surface area contributed by atoms with Crippen LogP contribution in [0.15, 0.2) is 47.3 Å². The van der Waals surface area contributed by atoms with Crippen LogP contribution in [0.2, 0.25) is 0 Å². The Bertz CT molecular complexity index is 662. The van der Waals surface area contributed by atoms with Crippen molar-refractivity contribution >= 4 is 17.6 Å². The molecule has 0 amide bonds. The lowest BCUT2D eigenvalue weighted by atomic mass is 9.84. The summed E-state index contributed by atoms with van der Waals surface area (Å²) in [7, 11) is 1.25. The molecule has 0 saturated carbocycles. The third kappa shape index (κ3) is 2.69. The summed E-state index contributed by atoms with van der Waals surface area (Å²) in [4.78, 5) is 16.1. The van der Waals surface area contributed by atoms with Crippen LogP contribution >= 0.6 is 11.6 Å². The molecule has 1 aromatic rings. The van der Waals surface area contributed by atoms with Gasteiger partial charge < -0.3 is 15.2 Å². The van der Waals surface area contributed by atoms with E-state index in [1.807, 2.05) is 6.07 Å². The topological polar surface area (TPSA) is 98.2 Å². The fraction of sp³-hybridized carbons (Fsp3) is 0.214. The number of alkyl halides is 1. The maximum absolute atomic E-state index is 12.1. The van der Waals surface area contributed by atoms with Gasteiger partial charge in [0, 0.05) is 12.4 Å². The summed E-state index contributed by atoms with van der Waals surface area (Å²) in [6.07, 6.45) is 3.14. The minimum atomic E-state index is -0.710. The minimum absolute atomic E-state index is 0.0688. The molecule has 1 aromatic heterocycles. The molecule has 21 heavy (non-hydrogen) atoms. The van der Waals surface area contributed by atoms with Crippen LogP contribution in [0.3, 0.4) is 0 Å². The second-order valence-corrected chi connectivity index (χ2v) is 4.44. The second kappa shape index (κ2) is 6.29. The number of ether oxygens (including phenoxy) is 2. The molecular weight excluding hydrogens is 294 g/mol. The molecule has 0 aliphatic carbocycles. The molecule has 6 nitrogen and oxygen atoms in total. The number of methoxy groups -OCH3 is 1. The summed E-state index contributed by atoms with van der Waals surface area (Å²) in [6, 6.07) is 5.41. The highest BCUT2D eigenvalue weighted by Gasteiger charge is 2.37. The molecule has 108 valence electrons. The van der Waals surface area contributed by atoms with Crippen molar-refractivity contribution in [2.24, 2.45) is 5.73 Å². The lowest BCUT2D eigenvalue weighted by Gasteiger charge is -2.26. The molecule has 1 aliphatic rings. The average molecular weight is 306 g/mol. The zero-order valence-electron chi connectivity index (χ0n) is 11.2. The van der Waals surface area contributed by atoms with Crippen LogP contribution in [0.1, 0.15) is 11.5 Å². The molecular formula is C14H12ClN3O3. The van der Waals surface area contributed by atoms with Crippen LogP contribution in [0.25, 0.3) is 0 Å². The lowest BCUT2D eigenvalue weighted by Crippen LogP contribution is -2.26. The number of hydrogen-bond acceptors (Lipinski definition) is 6. The van der Waals surface area contributed by atoms with Crippen molar-refractivity contribution < 1.29 is 14.3 Å². The monoisotopic (exact) mass is 305 g/mol. The van der Waals surface area contributed by atoms with Crippen molar-refractivity contribution in [2.75, 3.05) is 13.0 Å². The van der Waals surface area contributed by atoms with Crippen LogP contribution in [0.4, 0.5) is 0 Å². The predicted molar refractivity (Wildman–Crippen MR) is 74.7 cm³/mol. The maximum Gasteiger partial charge on any atom is 0.338 e. The third-order valence-corrected chi connectivity index (χ3v) is 3.28. The Balaban J connectivity index is 2.66. The third-order valence-electron chi connectivity index (χ3n) is 3.04. The first-order chi connectivity index (χ1) is 10.1. The molecule has 0 bridgehead atoms. The molecule has 2 rings (SSSR count). The Kier molecular flexibility index (Phi) is 4.45. The lowest BCUT2D eigenvalue weighted by molar-refractivity contribution is -0.136. The largest absolute Gasteiger partial charge is 0.466 e. The van der Waals surface area contributed by atoms with E-state index in [0.717, 1.165) is 0 Å². The fourth-order valence-electron chi connectivity index (χ4n) is 2.13. The van der Waals surface area contributed by atoms with Crippen LogP contribution in [-0.4, -0.2) is 23.9 Å². The summed E-state index contributed by atoms with van der Waals surface area (Å²) in [6.45, 7) is 0. The van der Waals surface area contributed by atoms with E-state index in [9.17, 15) is 10.1 Å². The van der Waals surface area contributed by atoms with Gasteiger partial charge in [0.05, 0.1) is 24.5 Å². The van der Waals surface area contributed by atoms with E-state index in [4.69, 9.17) is 26.8 Å². The molecule has 1 aliphatic heterocycles. The van der Waals surface area contributed by atoms with E-state index in [1.165, 1.54) is 7.11 Å². The number of allylic oxidation sites excluding steroid dienone is 2. The Morgan fingerprint density at radius 3 is 2.95 bits per heavy atom. The van der Waals surface area contributed by atoms with E-state index >= 15 is 0 Å². The van der Waals surface area contributed by atoms with Crippen LogP contribution in [0, 0.1) is 11.3 Å². The first-order valence-electron chi connectivity index (χ1n) is 5.98. The van der Waals surface area contributed by atoms with Gasteiger partial charge in [-0.05, 0) is 11.6 Å². The highest BCUT2D eigenvalue weighted by atomic mass is 35.5. The number of pyridine rings is 1. The van der Waals surface area contributed by atoms with Crippen LogP contribution < -0.4 is 5.73 Å². The quantitative estimate of drug-likeness (QED) is 0.672. The Hall–Kier alpha value is -2.52. The van der Waals surface area contributed by atoms with Crippen molar-refractivity contribution in [2.45, 2.75) is 5.92 Å². The van der Waals surface area contributed by atoms with Gasteiger partial charge in [-0.25, -0.2) is 4.79 Å². The van der Waals surface area contributed by atoms with Gasteiger partial charge in [0.2, 0.25) is 5.88 Å². The van der Waals surface area contributed by atoms with Gasteiger partial charge in [-0.1, -0.05) is 6.07 Å². The number of esters is 1. The number of carbonyl (C=O) groups is 1. The van der Waals surface area contributed by atoms with Crippen molar-refractivity contribution in [3.63, 3.8) is 0 Å². The van der Waals surface area contributed by atoms with E-state index in [1.54, 1.807) is 24.5 Å². The molecule has 7 heteroatoms. The summed E-state index contributed by atoms with van der Waals surface area (Å²) in [5, 5.41) is 9.33. The predicted octanol–water partition coefficient (Wildman–Crippen LogP) is 1.56. The van der Waals surface area contributed by atoms with E-state index < -0.39 is 11.9 Å². The van der Waals surface area contributed by atoms with Gasteiger partial charge in [0.1, 0.15) is 17.4 Å². The molecule has 0 radical (unpaired) electrons. The molecule has 0 unspecified atom stereocenters. The Morgan fingerprint density at radius 2 is 2.43 bits per heavy atom. The van der Waals surface area contributed by atoms with Gasteiger partial charge in [-0.15, -0.1) is 11.6 Å². The Labute approximate surface area is 126 Å². The molecule has 0 fully saturated rings. The van der Waals surface area contributed by atoms with Crippen molar-refractivity contribution in [3.05, 3.63) is 52.9 Å². The molecule has 1 atom stereocenters. The molecule has 2 heterocycles. The zero-order valence-corrected chi connectivity index (χ0v) is 11.9. The van der Waals surface area contributed by atoms with Crippen molar-refractivity contribution in [1.29, 1.82) is 5.26 Å². The smallest absolute Gasteiger partial charge is 0.338 e. The SMILES string of the molecule is COC(=O)C1=C(CCl)OC(N)=C(C#N)[C@H]1c1cccnc1. The van der Waals surface area contributed by atoms with Gasteiger partial charge in [-0.2, -0.15) is 5.26 Å². The van der Waals surface area contributed by atoms with Gasteiger partial charge in [0.15, 0.2) is 0 Å². The van der Waals surface area contributed by atoms with E-state index in [2.05, 4.69) is 4.98 Å². The molecule has 0 aromatic carbocycles. The highest BCUT2D eigenvalue weighted by molar-refractivity contribution is 6.19. The number of halogens is 1. The number of nitriles is 1. The fourth-order valence-corrected chi connectivity index (χ4v) is 2.33. The summed E-state index contributed by atoms with van der Waals surface area (Å²) < 4.78 is 10.1. The zero-order chi connectivity index (χ0) is 15.4. The van der Waals surface area contributed by atoms with Crippen LogP contribution in [0.5, 0.6) is 0 Å². The molecule has 0 spiro atoms. The number of aromatic nitrogens is 1. The first-order valence-corrected chi connectivity index (χ1v) is 6.52. The molecule has 2 N–H and O–H groups in total. The normalized spacial score (nSPS) is 18.0.